The van der Waals surface area contributed by atoms with Gasteiger partial charge in [-0.1, -0.05) is 54.0 Å². The molecule has 5 aliphatic carbocycles. The van der Waals surface area contributed by atoms with Gasteiger partial charge in [0, 0.05) is 17.8 Å². The molecular weight excluding hydrogens is 576 g/mol. The monoisotopic (exact) mass is 638 g/mol. The number of fused-ring (bicyclic) bond motifs is 7. The highest BCUT2D eigenvalue weighted by Gasteiger charge is 2.69. The average Bonchev–Trinajstić information content (AvgIpc) is 3.26. The predicted molar refractivity (Wildman–Crippen MR) is 180 cm³/mol. The van der Waals surface area contributed by atoms with Crippen molar-refractivity contribution < 1.29 is 28.7 Å². The summed E-state index contributed by atoms with van der Waals surface area (Å²) in [4.78, 5) is 52.2. The second-order valence-electron chi connectivity index (χ2n) is 19.3. The zero-order valence-electron chi connectivity index (χ0n) is 30.9. The lowest BCUT2D eigenvalue weighted by Crippen LogP contribution is -2.66. The van der Waals surface area contributed by atoms with Crippen LogP contribution in [0.3, 0.4) is 0 Å². The number of rotatable bonds is 6. The van der Waals surface area contributed by atoms with Crippen LogP contribution in [0.1, 0.15) is 141 Å². The first-order valence-corrected chi connectivity index (χ1v) is 18.2. The van der Waals surface area contributed by atoms with Crippen LogP contribution in [-0.4, -0.2) is 35.7 Å². The summed E-state index contributed by atoms with van der Waals surface area (Å²) in [7, 11) is 0. The Labute approximate surface area is 278 Å². The summed E-state index contributed by atoms with van der Waals surface area (Å²) in [5.74, 6) is 0.998. The van der Waals surface area contributed by atoms with Crippen LogP contribution in [0.2, 0.25) is 0 Å². The van der Waals surface area contributed by atoms with Gasteiger partial charge in [0.2, 0.25) is 0 Å². The summed E-state index contributed by atoms with van der Waals surface area (Å²) in [6.45, 7) is 25.4. The molecule has 0 aromatic rings. The van der Waals surface area contributed by atoms with Gasteiger partial charge in [-0.3, -0.25) is 14.4 Å². The van der Waals surface area contributed by atoms with Gasteiger partial charge in [-0.25, -0.2) is 0 Å². The number of ether oxygens (including phenoxy) is 2. The van der Waals surface area contributed by atoms with Gasteiger partial charge < -0.3 is 14.3 Å². The molecular formula is C40H62O6. The Morgan fingerprint density at radius 3 is 2.15 bits per heavy atom. The Bertz CT molecular complexity index is 1310. The first kappa shape index (κ1) is 35.3. The number of aldehydes is 1. The molecule has 5 aliphatic rings. The summed E-state index contributed by atoms with van der Waals surface area (Å²) in [6, 6.07) is 0. The molecule has 258 valence electrons. The van der Waals surface area contributed by atoms with E-state index in [4.69, 9.17) is 9.47 Å². The minimum absolute atomic E-state index is 0.00746. The highest BCUT2D eigenvalue weighted by molar-refractivity contribution is 6.00. The van der Waals surface area contributed by atoms with Crippen molar-refractivity contribution in [2.75, 3.05) is 0 Å². The summed E-state index contributed by atoms with van der Waals surface area (Å²) in [5, 5.41) is 0. The molecule has 6 heteroatoms. The minimum Gasteiger partial charge on any atom is -0.462 e. The maximum Gasteiger partial charge on any atom is 0.312 e. The van der Waals surface area contributed by atoms with E-state index in [2.05, 4.69) is 48.5 Å². The Hall–Kier alpha value is -1.98. The number of ketones is 1. The van der Waals surface area contributed by atoms with Gasteiger partial charge >= 0.3 is 11.9 Å². The largest absolute Gasteiger partial charge is 0.462 e. The molecule has 4 fully saturated rings. The second kappa shape index (κ2) is 11.3. The van der Waals surface area contributed by atoms with Crippen LogP contribution >= 0.6 is 0 Å². The van der Waals surface area contributed by atoms with Gasteiger partial charge in [-0.15, -0.1) is 0 Å². The Kier molecular flexibility index (Phi) is 8.67. The molecule has 9 atom stereocenters. The Morgan fingerprint density at radius 1 is 0.913 bits per heavy atom. The molecule has 1 unspecified atom stereocenters. The summed E-state index contributed by atoms with van der Waals surface area (Å²) >= 11 is 0. The van der Waals surface area contributed by atoms with E-state index in [1.165, 1.54) is 11.9 Å². The van der Waals surface area contributed by atoms with Crippen molar-refractivity contribution in [1.29, 1.82) is 0 Å². The normalized spacial score (nSPS) is 40.4. The van der Waals surface area contributed by atoms with Gasteiger partial charge in [0.1, 0.15) is 18.0 Å². The molecule has 6 nitrogen and oxygen atoms in total. The van der Waals surface area contributed by atoms with E-state index >= 15 is 0 Å². The minimum atomic E-state index is -0.967. The lowest BCUT2D eigenvalue weighted by molar-refractivity contribution is -0.234. The molecule has 0 aromatic heterocycles. The Morgan fingerprint density at radius 2 is 1.57 bits per heavy atom. The Balaban J connectivity index is 1.39. The number of hydrogen-bond acceptors (Lipinski definition) is 6. The summed E-state index contributed by atoms with van der Waals surface area (Å²) in [5.41, 5.74) is 0.665. The number of allylic oxidation sites excluding steroid dienone is 2. The predicted octanol–water partition coefficient (Wildman–Crippen LogP) is 8.69. The molecule has 0 bridgehead atoms. The zero-order valence-corrected chi connectivity index (χ0v) is 30.9. The highest BCUT2D eigenvalue weighted by atomic mass is 16.6. The van der Waals surface area contributed by atoms with Gasteiger partial charge in [0.05, 0.1) is 11.8 Å². The van der Waals surface area contributed by atoms with E-state index < -0.39 is 11.0 Å². The molecule has 0 spiro atoms. The van der Waals surface area contributed by atoms with Gasteiger partial charge in [0.25, 0.3) is 0 Å². The van der Waals surface area contributed by atoms with Crippen molar-refractivity contribution in [1.82, 2.24) is 0 Å². The fourth-order valence-corrected chi connectivity index (χ4v) is 12.1. The van der Waals surface area contributed by atoms with E-state index in [1.807, 2.05) is 20.8 Å². The maximum atomic E-state index is 13.4. The van der Waals surface area contributed by atoms with Crippen molar-refractivity contribution in [3.8, 4) is 0 Å². The van der Waals surface area contributed by atoms with Crippen molar-refractivity contribution in [2.24, 2.45) is 62.6 Å². The second-order valence-corrected chi connectivity index (χ2v) is 19.3. The van der Waals surface area contributed by atoms with E-state index in [0.29, 0.717) is 24.2 Å². The van der Waals surface area contributed by atoms with Crippen LogP contribution in [-0.2, 0) is 28.7 Å². The molecule has 46 heavy (non-hydrogen) atoms. The summed E-state index contributed by atoms with van der Waals surface area (Å²) < 4.78 is 11.9. The van der Waals surface area contributed by atoms with Crippen molar-refractivity contribution in [3.05, 3.63) is 11.1 Å². The topological polar surface area (TPSA) is 86.7 Å². The van der Waals surface area contributed by atoms with Crippen LogP contribution in [0.4, 0.5) is 0 Å². The summed E-state index contributed by atoms with van der Waals surface area (Å²) in [6.07, 6.45) is 8.50. The number of carbonyl (C=O) groups excluding carboxylic acids is 4. The molecule has 4 saturated carbocycles. The lowest BCUT2D eigenvalue weighted by Gasteiger charge is -2.72. The number of hydrogen-bond donors (Lipinski definition) is 0. The average molecular weight is 639 g/mol. The van der Waals surface area contributed by atoms with Crippen LogP contribution in [0, 0.1) is 62.6 Å². The van der Waals surface area contributed by atoms with Gasteiger partial charge in [-0.2, -0.15) is 0 Å². The van der Waals surface area contributed by atoms with E-state index in [9.17, 15) is 19.2 Å². The number of Topliss-reactive ketones (excluding diaryl/α,β-unsaturated/α-hetero) is 1. The molecule has 0 N–H and O–H groups in total. The van der Waals surface area contributed by atoms with Crippen molar-refractivity contribution in [3.63, 3.8) is 0 Å². The van der Waals surface area contributed by atoms with E-state index in [-0.39, 0.29) is 69.7 Å². The van der Waals surface area contributed by atoms with Crippen molar-refractivity contribution in [2.45, 2.75) is 153 Å². The molecule has 0 amide bonds. The molecule has 0 heterocycles. The van der Waals surface area contributed by atoms with Crippen LogP contribution in [0.25, 0.3) is 0 Å². The number of carbonyl (C=O) groups is 4. The fraction of sp³-hybridized carbons (Fsp3) is 0.850. The quantitative estimate of drug-likeness (QED) is 0.214. The molecule has 0 aliphatic heterocycles. The molecule has 0 saturated heterocycles. The van der Waals surface area contributed by atoms with E-state index in [1.54, 1.807) is 13.8 Å². The lowest BCUT2D eigenvalue weighted by atomic mass is 9.33. The molecule has 0 radical (unpaired) electrons. The zero-order chi connectivity index (χ0) is 34.4. The number of esters is 2. The van der Waals surface area contributed by atoms with Gasteiger partial charge in [-0.05, 0) is 131 Å². The first-order chi connectivity index (χ1) is 21.0. The SMILES string of the molecule is CC(C)C1=C2C(CC1=O)[C@@H](C=O)C[C@]1(C)[C@@H]2CC[C@@H]2[C@@]3(C)CC[C@H](OC(=O)CC(C)(C)C(=O)OC(C)(C)C)C(C)(C)[C@@H]3CC[C@]21C. The maximum absolute atomic E-state index is 13.4. The van der Waals surface area contributed by atoms with Crippen LogP contribution in [0.5, 0.6) is 0 Å². The third-order valence-corrected chi connectivity index (χ3v) is 14.3. The molecule has 0 aromatic carbocycles. The highest BCUT2D eigenvalue weighted by Crippen LogP contribution is 2.76. The third-order valence-electron chi connectivity index (χ3n) is 14.3. The van der Waals surface area contributed by atoms with Crippen LogP contribution < -0.4 is 0 Å². The van der Waals surface area contributed by atoms with Crippen molar-refractivity contribution >= 4 is 24.0 Å². The van der Waals surface area contributed by atoms with E-state index in [0.717, 1.165) is 50.5 Å². The fourth-order valence-electron chi connectivity index (χ4n) is 12.1. The first-order valence-electron chi connectivity index (χ1n) is 18.2. The van der Waals surface area contributed by atoms with Gasteiger partial charge in [0.15, 0.2) is 5.78 Å². The third kappa shape index (κ3) is 5.34. The smallest absolute Gasteiger partial charge is 0.312 e. The standard InChI is InChI=1S/C40H62O6/c1-23(2)32-27(42)19-25-24(22-41)20-40(12)26(33(25)32)13-14-29-38(10)17-16-30(37(8,9)28(38)15-18-39(29,40)11)45-31(43)21-36(6,7)34(44)46-35(3,4)5/h22-26,28-30H,13-21H2,1-12H3/t24-,25?,26-,28+,29-,30+,38+,39-,40-/m1/s1. The van der Waals surface area contributed by atoms with Crippen LogP contribution in [0.15, 0.2) is 11.1 Å². The molecule has 5 rings (SSSR count).